The van der Waals surface area contributed by atoms with Crippen molar-refractivity contribution >= 4 is 16.7 Å². The minimum atomic E-state index is -0.640. The molecule has 0 atom stereocenters. The summed E-state index contributed by atoms with van der Waals surface area (Å²) < 4.78 is 0. The molecule has 0 aliphatic heterocycles. The van der Waals surface area contributed by atoms with E-state index < -0.39 is 5.60 Å². The molecule has 1 aromatic carbocycles. The first-order valence-corrected chi connectivity index (χ1v) is 7.46. The van der Waals surface area contributed by atoms with Gasteiger partial charge in [-0.3, -0.25) is 0 Å². The molecule has 0 radical (unpaired) electrons. The number of nitrogens with zero attached hydrogens (tertiary/aromatic N) is 2. The van der Waals surface area contributed by atoms with Gasteiger partial charge in [-0.05, 0) is 25.0 Å². The number of nitriles is 1. The van der Waals surface area contributed by atoms with Crippen LogP contribution in [-0.2, 0) is 0 Å². The Morgan fingerprint density at radius 3 is 2.76 bits per heavy atom. The number of hydrogen-bond donors (Lipinski definition) is 2. The van der Waals surface area contributed by atoms with Crippen LogP contribution in [-0.4, -0.2) is 22.2 Å². The standard InChI is InChI=1S/C17H19N3O/c18-11-13-10-16(20-15-7-3-2-6-14(13)15)19-12-17(21)8-4-1-5-9-17/h2-3,6-7,10,21H,1,4-5,8-9,12H2,(H,19,20). The number of aromatic nitrogens is 1. The maximum absolute atomic E-state index is 10.5. The average molecular weight is 281 g/mol. The minimum Gasteiger partial charge on any atom is -0.388 e. The van der Waals surface area contributed by atoms with Crippen molar-refractivity contribution in [3.05, 3.63) is 35.9 Å². The lowest BCUT2D eigenvalue weighted by Gasteiger charge is -2.32. The Hall–Kier alpha value is -2.12. The molecule has 1 fully saturated rings. The lowest BCUT2D eigenvalue weighted by atomic mass is 9.85. The summed E-state index contributed by atoms with van der Waals surface area (Å²) in [5.74, 6) is 0.657. The highest BCUT2D eigenvalue weighted by Crippen LogP contribution is 2.28. The van der Waals surface area contributed by atoms with Crippen LogP contribution in [0.4, 0.5) is 5.82 Å². The highest BCUT2D eigenvalue weighted by atomic mass is 16.3. The van der Waals surface area contributed by atoms with E-state index in [1.807, 2.05) is 24.3 Å². The molecule has 4 nitrogen and oxygen atoms in total. The molecule has 2 N–H and O–H groups in total. The Bertz CT molecular complexity index is 684. The molecule has 1 aliphatic rings. The fraction of sp³-hybridized carbons (Fsp3) is 0.412. The van der Waals surface area contributed by atoms with Crippen LogP contribution < -0.4 is 5.32 Å². The highest BCUT2D eigenvalue weighted by Gasteiger charge is 2.28. The lowest BCUT2D eigenvalue weighted by Crippen LogP contribution is -2.38. The van der Waals surface area contributed by atoms with E-state index in [1.165, 1.54) is 6.42 Å². The zero-order chi connectivity index (χ0) is 14.7. The Morgan fingerprint density at radius 1 is 1.24 bits per heavy atom. The maximum Gasteiger partial charge on any atom is 0.128 e. The molecule has 108 valence electrons. The van der Waals surface area contributed by atoms with Crippen LogP contribution >= 0.6 is 0 Å². The van der Waals surface area contributed by atoms with E-state index in [2.05, 4.69) is 16.4 Å². The summed E-state index contributed by atoms with van der Waals surface area (Å²) in [6.07, 6.45) is 5.02. The van der Waals surface area contributed by atoms with Gasteiger partial charge >= 0.3 is 0 Å². The van der Waals surface area contributed by atoms with E-state index in [1.54, 1.807) is 6.07 Å². The van der Waals surface area contributed by atoms with Crippen molar-refractivity contribution in [1.29, 1.82) is 5.26 Å². The molecule has 0 unspecified atom stereocenters. The zero-order valence-electron chi connectivity index (χ0n) is 12.0. The van der Waals surface area contributed by atoms with Crippen LogP contribution in [0.1, 0.15) is 37.7 Å². The van der Waals surface area contributed by atoms with Gasteiger partial charge in [-0.1, -0.05) is 37.5 Å². The van der Waals surface area contributed by atoms with Crippen LogP contribution in [0.2, 0.25) is 0 Å². The van der Waals surface area contributed by atoms with Gasteiger partial charge in [0.25, 0.3) is 0 Å². The molecule has 1 saturated carbocycles. The van der Waals surface area contributed by atoms with Crippen molar-refractivity contribution in [2.75, 3.05) is 11.9 Å². The van der Waals surface area contributed by atoms with Crippen molar-refractivity contribution < 1.29 is 5.11 Å². The maximum atomic E-state index is 10.5. The van der Waals surface area contributed by atoms with E-state index in [-0.39, 0.29) is 0 Å². The molecule has 0 spiro atoms. The number of hydrogen-bond acceptors (Lipinski definition) is 4. The minimum absolute atomic E-state index is 0.489. The third-order valence-electron chi connectivity index (χ3n) is 4.22. The van der Waals surface area contributed by atoms with Crippen LogP contribution in [0.15, 0.2) is 30.3 Å². The van der Waals surface area contributed by atoms with Gasteiger partial charge in [0.15, 0.2) is 0 Å². The van der Waals surface area contributed by atoms with E-state index in [9.17, 15) is 10.4 Å². The Labute approximate surface area is 124 Å². The molecule has 1 aromatic heterocycles. The fourth-order valence-corrected chi connectivity index (χ4v) is 3.00. The van der Waals surface area contributed by atoms with Crippen LogP contribution in [0.3, 0.4) is 0 Å². The van der Waals surface area contributed by atoms with Crippen LogP contribution in [0.5, 0.6) is 0 Å². The number of benzene rings is 1. The second kappa shape index (κ2) is 5.71. The van der Waals surface area contributed by atoms with Crippen molar-refractivity contribution in [2.45, 2.75) is 37.7 Å². The van der Waals surface area contributed by atoms with Gasteiger partial charge < -0.3 is 10.4 Å². The molecular formula is C17H19N3O. The number of para-hydroxylation sites is 1. The molecule has 21 heavy (non-hydrogen) atoms. The SMILES string of the molecule is N#Cc1cc(NCC2(O)CCCCC2)nc2ccccc12. The van der Waals surface area contributed by atoms with E-state index >= 15 is 0 Å². The predicted octanol–water partition coefficient (Wildman–Crippen LogP) is 3.21. The number of rotatable bonds is 3. The molecule has 0 bridgehead atoms. The first-order chi connectivity index (χ1) is 10.2. The number of nitrogens with one attached hydrogen (secondary N) is 1. The molecule has 1 aliphatic carbocycles. The molecule has 4 heteroatoms. The summed E-state index contributed by atoms with van der Waals surface area (Å²) in [5, 5.41) is 23.9. The highest BCUT2D eigenvalue weighted by molar-refractivity contribution is 5.86. The summed E-state index contributed by atoms with van der Waals surface area (Å²) in [7, 11) is 0. The van der Waals surface area contributed by atoms with Gasteiger partial charge in [-0.25, -0.2) is 4.98 Å². The van der Waals surface area contributed by atoms with Gasteiger partial charge in [0.2, 0.25) is 0 Å². The summed E-state index contributed by atoms with van der Waals surface area (Å²) in [6.45, 7) is 0.489. The summed E-state index contributed by atoms with van der Waals surface area (Å²) >= 11 is 0. The Morgan fingerprint density at radius 2 is 2.00 bits per heavy atom. The van der Waals surface area contributed by atoms with Gasteiger partial charge in [-0.15, -0.1) is 0 Å². The second-order valence-electron chi connectivity index (χ2n) is 5.82. The van der Waals surface area contributed by atoms with Crippen LogP contribution in [0, 0.1) is 11.3 Å². The average Bonchev–Trinajstić information content (AvgIpc) is 2.53. The summed E-state index contributed by atoms with van der Waals surface area (Å²) in [6, 6.07) is 11.6. The molecule has 1 heterocycles. The quantitative estimate of drug-likeness (QED) is 0.906. The van der Waals surface area contributed by atoms with E-state index in [4.69, 9.17) is 0 Å². The molecule has 2 aromatic rings. The van der Waals surface area contributed by atoms with Gasteiger partial charge in [0, 0.05) is 11.9 Å². The number of fused-ring (bicyclic) bond motifs is 1. The van der Waals surface area contributed by atoms with Gasteiger partial charge in [-0.2, -0.15) is 5.26 Å². The molecular weight excluding hydrogens is 262 g/mol. The second-order valence-corrected chi connectivity index (χ2v) is 5.82. The normalized spacial score (nSPS) is 17.3. The molecule has 3 rings (SSSR count). The fourth-order valence-electron chi connectivity index (χ4n) is 3.00. The topological polar surface area (TPSA) is 68.9 Å². The molecule has 0 amide bonds. The number of pyridine rings is 1. The van der Waals surface area contributed by atoms with E-state index in [0.29, 0.717) is 17.9 Å². The van der Waals surface area contributed by atoms with Crippen molar-refractivity contribution in [1.82, 2.24) is 4.98 Å². The Balaban J connectivity index is 1.82. The first-order valence-electron chi connectivity index (χ1n) is 7.46. The largest absolute Gasteiger partial charge is 0.388 e. The van der Waals surface area contributed by atoms with Crippen molar-refractivity contribution in [2.24, 2.45) is 0 Å². The monoisotopic (exact) mass is 281 g/mol. The van der Waals surface area contributed by atoms with Crippen molar-refractivity contribution in [3.8, 4) is 6.07 Å². The predicted molar refractivity (Wildman–Crippen MR) is 83.0 cm³/mol. The van der Waals surface area contributed by atoms with Crippen molar-refractivity contribution in [3.63, 3.8) is 0 Å². The third-order valence-corrected chi connectivity index (χ3v) is 4.22. The lowest BCUT2D eigenvalue weighted by molar-refractivity contribution is 0.0166. The van der Waals surface area contributed by atoms with Gasteiger partial charge in [0.05, 0.1) is 22.8 Å². The first kappa shape index (κ1) is 13.8. The zero-order valence-corrected chi connectivity index (χ0v) is 12.0. The Kier molecular flexibility index (Phi) is 3.76. The number of anilines is 1. The third kappa shape index (κ3) is 2.98. The van der Waals surface area contributed by atoms with Crippen LogP contribution in [0.25, 0.3) is 10.9 Å². The molecule has 0 saturated heterocycles. The van der Waals surface area contributed by atoms with Gasteiger partial charge in [0.1, 0.15) is 5.82 Å². The summed E-state index contributed by atoms with van der Waals surface area (Å²) in [5.41, 5.74) is 0.770. The smallest absolute Gasteiger partial charge is 0.128 e. The van der Waals surface area contributed by atoms with E-state index in [0.717, 1.165) is 36.6 Å². The summed E-state index contributed by atoms with van der Waals surface area (Å²) in [4.78, 5) is 4.53. The number of aliphatic hydroxyl groups is 1.